The number of ether oxygens (including phenoxy) is 1. The molecular weight excluding hydrogens is 336 g/mol. The maximum absolute atomic E-state index is 12.2. The van der Waals surface area contributed by atoms with Gasteiger partial charge in [-0.1, -0.05) is 42.0 Å². The molecular formula is C23H30N2O2. The smallest absolute Gasteiger partial charge is 0.224 e. The number of carbonyl (C=O) groups is 1. The summed E-state index contributed by atoms with van der Waals surface area (Å²) in [6, 6.07) is 16.5. The third-order valence-corrected chi connectivity index (χ3v) is 5.31. The van der Waals surface area contributed by atoms with Gasteiger partial charge >= 0.3 is 0 Å². The van der Waals surface area contributed by atoms with E-state index in [9.17, 15) is 4.79 Å². The molecule has 4 nitrogen and oxygen atoms in total. The molecule has 1 heterocycles. The first kappa shape index (κ1) is 19.4. The van der Waals surface area contributed by atoms with Gasteiger partial charge in [0.15, 0.2) is 0 Å². The summed E-state index contributed by atoms with van der Waals surface area (Å²) in [5.74, 6) is 1.61. The van der Waals surface area contributed by atoms with Crippen LogP contribution in [0, 0.1) is 12.8 Å². The van der Waals surface area contributed by atoms with E-state index in [0.29, 0.717) is 12.3 Å². The van der Waals surface area contributed by atoms with Crippen LogP contribution in [0.2, 0.25) is 0 Å². The molecule has 1 saturated heterocycles. The Morgan fingerprint density at radius 2 is 1.85 bits per heavy atom. The van der Waals surface area contributed by atoms with Crippen LogP contribution in [0.3, 0.4) is 0 Å². The maximum atomic E-state index is 12.2. The van der Waals surface area contributed by atoms with Crippen molar-refractivity contribution in [2.24, 2.45) is 5.92 Å². The van der Waals surface area contributed by atoms with E-state index in [2.05, 4.69) is 41.4 Å². The SMILES string of the molecule is COc1ccc(CN2CCC(CNC(=O)Cc3cccc(C)c3)CC2)cc1. The predicted molar refractivity (Wildman–Crippen MR) is 109 cm³/mol. The summed E-state index contributed by atoms with van der Waals surface area (Å²) >= 11 is 0. The van der Waals surface area contributed by atoms with Crippen molar-refractivity contribution in [1.29, 1.82) is 0 Å². The molecule has 1 aliphatic heterocycles. The number of nitrogens with one attached hydrogen (secondary N) is 1. The number of hydrogen-bond acceptors (Lipinski definition) is 3. The second kappa shape index (κ2) is 9.56. The Labute approximate surface area is 162 Å². The fourth-order valence-corrected chi connectivity index (χ4v) is 3.67. The summed E-state index contributed by atoms with van der Waals surface area (Å²) in [7, 11) is 1.69. The first-order valence-corrected chi connectivity index (χ1v) is 9.80. The third-order valence-electron chi connectivity index (χ3n) is 5.31. The van der Waals surface area contributed by atoms with Gasteiger partial charge in [-0.15, -0.1) is 0 Å². The Kier molecular flexibility index (Phi) is 6.88. The molecule has 3 rings (SSSR count). The number of benzene rings is 2. The summed E-state index contributed by atoms with van der Waals surface area (Å²) in [6.45, 7) is 6.01. The number of hydrogen-bond donors (Lipinski definition) is 1. The van der Waals surface area contributed by atoms with Crippen LogP contribution in [0.1, 0.15) is 29.5 Å². The van der Waals surface area contributed by atoms with Crippen LogP contribution in [-0.2, 0) is 17.8 Å². The zero-order valence-electron chi connectivity index (χ0n) is 16.4. The Morgan fingerprint density at radius 1 is 1.11 bits per heavy atom. The minimum Gasteiger partial charge on any atom is -0.497 e. The topological polar surface area (TPSA) is 41.6 Å². The summed E-state index contributed by atoms with van der Waals surface area (Å²) in [6.07, 6.45) is 2.75. The fraction of sp³-hybridized carbons (Fsp3) is 0.435. The van der Waals surface area contributed by atoms with E-state index in [1.807, 2.05) is 24.3 Å². The van der Waals surface area contributed by atoms with Crippen LogP contribution >= 0.6 is 0 Å². The molecule has 0 unspecified atom stereocenters. The molecule has 0 atom stereocenters. The minimum atomic E-state index is 0.126. The van der Waals surface area contributed by atoms with Crippen molar-refractivity contribution in [1.82, 2.24) is 10.2 Å². The molecule has 1 N–H and O–H groups in total. The van der Waals surface area contributed by atoms with Gasteiger partial charge in [-0.2, -0.15) is 0 Å². The molecule has 1 fully saturated rings. The fourth-order valence-electron chi connectivity index (χ4n) is 3.67. The van der Waals surface area contributed by atoms with Crippen molar-refractivity contribution in [3.05, 3.63) is 65.2 Å². The first-order chi connectivity index (χ1) is 13.1. The molecule has 0 bridgehead atoms. The van der Waals surface area contributed by atoms with Gasteiger partial charge < -0.3 is 10.1 Å². The molecule has 1 aliphatic rings. The van der Waals surface area contributed by atoms with Gasteiger partial charge in [-0.25, -0.2) is 0 Å². The predicted octanol–water partition coefficient (Wildman–Crippen LogP) is 3.57. The number of carbonyl (C=O) groups excluding carboxylic acids is 1. The highest BCUT2D eigenvalue weighted by atomic mass is 16.5. The van der Waals surface area contributed by atoms with Crippen molar-refractivity contribution >= 4 is 5.91 Å². The van der Waals surface area contributed by atoms with Gasteiger partial charge in [0.05, 0.1) is 13.5 Å². The molecule has 144 valence electrons. The highest BCUT2D eigenvalue weighted by molar-refractivity contribution is 5.78. The van der Waals surface area contributed by atoms with Gasteiger partial charge in [0.2, 0.25) is 5.91 Å². The van der Waals surface area contributed by atoms with Crippen molar-refractivity contribution < 1.29 is 9.53 Å². The minimum absolute atomic E-state index is 0.126. The first-order valence-electron chi connectivity index (χ1n) is 9.80. The van der Waals surface area contributed by atoms with Gasteiger partial charge in [-0.05, 0) is 62.0 Å². The van der Waals surface area contributed by atoms with Crippen LogP contribution in [0.5, 0.6) is 5.75 Å². The van der Waals surface area contributed by atoms with Gasteiger partial charge in [-0.3, -0.25) is 9.69 Å². The lowest BCUT2D eigenvalue weighted by atomic mass is 9.96. The molecule has 4 heteroatoms. The second-order valence-electron chi connectivity index (χ2n) is 7.54. The van der Waals surface area contributed by atoms with Crippen molar-refractivity contribution in [2.75, 3.05) is 26.7 Å². The zero-order valence-corrected chi connectivity index (χ0v) is 16.4. The Bertz CT molecular complexity index is 734. The molecule has 0 aromatic heterocycles. The number of nitrogens with zero attached hydrogens (tertiary/aromatic N) is 1. The number of methoxy groups -OCH3 is 1. The van der Waals surface area contributed by atoms with Gasteiger partial charge in [0.1, 0.15) is 5.75 Å². The van der Waals surface area contributed by atoms with Crippen LogP contribution in [-0.4, -0.2) is 37.6 Å². The lowest BCUT2D eigenvalue weighted by Crippen LogP contribution is -2.38. The summed E-state index contributed by atoms with van der Waals surface area (Å²) in [5.41, 5.74) is 3.60. The molecule has 0 aliphatic carbocycles. The van der Waals surface area contributed by atoms with E-state index < -0.39 is 0 Å². The number of piperidine rings is 1. The van der Waals surface area contributed by atoms with E-state index >= 15 is 0 Å². The lowest BCUT2D eigenvalue weighted by Gasteiger charge is -2.32. The molecule has 0 saturated carbocycles. The van der Waals surface area contributed by atoms with Crippen LogP contribution in [0.4, 0.5) is 0 Å². The van der Waals surface area contributed by atoms with Crippen LogP contribution in [0.25, 0.3) is 0 Å². The summed E-state index contributed by atoms with van der Waals surface area (Å²) < 4.78 is 5.21. The molecule has 1 amide bonds. The molecule has 0 spiro atoms. The zero-order chi connectivity index (χ0) is 19.1. The normalized spacial score (nSPS) is 15.5. The van der Waals surface area contributed by atoms with Crippen LogP contribution < -0.4 is 10.1 Å². The van der Waals surface area contributed by atoms with E-state index in [1.54, 1.807) is 7.11 Å². The van der Waals surface area contributed by atoms with Crippen molar-refractivity contribution in [3.63, 3.8) is 0 Å². The lowest BCUT2D eigenvalue weighted by molar-refractivity contribution is -0.120. The molecule has 27 heavy (non-hydrogen) atoms. The summed E-state index contributed by atoms with van der Waals surface area (Å²) in [4.78, 5) is 14.7. The highest BCUT2D eigenvalue weighted by Gasteiger charge is 2.19. The maximum Gasteiger partial charge on any atom is 0.224 e. The van der Waals surface area contributed by atoms with E-state index in [0.717, 1.165) is 50.3 Å². The standard InChI is InChI=1S/C23H30N2O2/c1-18-4-3-5-21(14-18)15-23(26)24-16-19-10-12-25(13-11-19)17-20-6-8-22(27-2)9-7-20/h3-9,14,19H,10-13,15-17H2,1-2H3,(H,24,26). The monoisotopic (exact) mass is 366 g/mol. The van der Waals surface area contributed by atoms with E-state index in [-0.39, 0.29) is 5.91 Å². The van der Waals surface area contributed by atoms with Crippen LogP contribution in [0.15, 0.2) is 48.5 Å². The molecule has 0 radical (unpaired) electrons. The largest absolute Gasteiger partial charge is 0.497 e. The Morgan fingerprint density at radius 3 is 2.52 bits per heavy atom. The van der Waals surface area contributed by atoms with Crippen molar-refractivity contribution in [3.8, 4) is 5.75 Å². The average molecular weight is 367 g/mol. The number of likely N-dealkylation sites (tertiary alicyclic amines) is 1. The average Bonchev–Trinajstić information content (AvgIpc) is 2.68. The quantitative estimate of drug-likeness (QED) is 0.814. The van der Waals surface area contributed by atoms with E-state index in [4.69, 9.17) is 4.74 Å². The number of rotatable bonds is 7. The highest BCUT2D eigenvalue weighted by Crippen LogP contribution is 2.19. The van der Waals surface area contributed by atoms with Gasteiger partial charge in [0.25, 0.3) is 0 Å². The second-order valence-corrected chi connectivity index (χ2v) is 7.54. The molecule has 2 aromatic rings. The van der Waals surface area contributed by atoms with Crippen molar-refractivity contribution in [2.45, 2.75) is 32.7 Å². The number of amides is 1. The Hall–Kier alpha value is -2.33. The van der Waals surface area contributed by atoms with Gasteiger partial charge in [0, 0.05) is 13.1 Å². The molecule has 2 aromatic carbocycles. The Balaban J connectivity index is 1.37. The number of aryl methyl sites for hydroxylation is 1. The summed E-state index contributed by atoms with van der Waals surface area (Å²) in [5, 5.41) is 3.13. The third kappa shape index (κ3) is 6.10. The van der Waals surface area contributed by atoms with E-state index in [1.165, 1.54) is 11.1 Å².